The van der Waals surface area contributed by atoms with Crippen LogP contribution >= 0.6 is 0 Å². The number of benzene rings is 1. The molecule has 1 spiro atoms. The molecule has 122 valence electrons. The molecule has 0 amide bonds. The zero-order valence-corrected chi connectivity index (χ0v) is 13.1. The van der Waals surface area contributed by atoms with Gasteiger partial charge in [-0.1, -0.05) is 29.8 Å². The second-order valence-corrected chi connectivity index (χ2v) is 5.98. The predicted octanol–water partition coefficient (Wildman–Crippen LogP) is 1.09. The van der Waals surface area contributed by atoms with Gasteiger partial charge in [-0.25, -0.2) is 14.5 Å². The molecule has 1 saturated heterocycles. The highest BCUT2D eigenvalue weighted by atomic mass is 16.8. The van der Waals surface area contributed by atoms with E-state index < -0.39 is 24.0 Å². The maximum atomic E-state index is 11.8. The summed E-state index contributed by atoms with van der Waals surface area (Å²) in [5.41, 5.74) is 2.03. The number of aliphatic hydroxyl groups is 1. The van der Waals surface area contributed by atoms with E-state index in [-0.39, 0.29) is 5.92 Å². The third kappa shape index (κ3) is 2.75. The summed E-state index contributed by atoms with van der Waals surface area (Å²) >= 11 is 0. The molecule has 2 aliphatic heterocycles. The van der Waals surface area contributed by atoms with Crippen molar-refractivity contribution in [3.05, 3.63) is 47.5 Å². The Balaban J connectivity index is 1.97. The third-order valence-electron chi connectivity index (χ3n) is 4.42. The number of likely N-dealkylation sites (tertiary alicyclic amines) is 1. The van der Waals surface area contributed by atoms with Crippen molar-refractivity contribution in [1.29, 1.82) is 0 Å². The smallest absolute Gasteiger partial charge is 0.348 e. The molecule has 1 N–H and O–H groups in total. The van der Waals surface area contributed by atoms with Gasteiger partial charge in [0.05, 0.1) is 0 Å². The molecule has 1 aromatic rings. The Bertz CT molecular complexity index is 631. The van der Waals surface area contributed by atoms with Crippen molar-refractivity contribution in [2.24, 2.45) is 0 Å². The lowest BCUT2D eigenvalue weighted by Crippen LogP contribution is -2.64. The summed E-state index contributed by atoms with van der Waals surface area (Å²) in [6.07, 6.45) is 1.49. The molecule has 1 fully saturated rings. The topological polar surface area (TPSA) is 76.1 Å². The fourth-order valence-electron chi connectivity index (χ4n) is 3.08. The zero-order chi connectivity index (χ0) is 16.6. The number of carbonyl (C=O) groups is 2. The Morgan fingerprint density at radius 1 is 1.13 bits per heavy atom. The van der Waals surface area contributed by atoms with Gasteiger partial charge in [-0.05, 0) is 26.0 Å². The van der Waals surface area contributed by atoms with Crippen molar-refractivity contribution in [3.63, 3.8) is 0 Å². The van der Waals surface area contributed by atoms with Gasteiger partial charge in [-0.2, -0.15) is 0 Å². The maximum absolute atomic E-state index is 11.8. The molecule has 0 bridgehead atoms. The molecular weight excluding hydrogens is 298 g/mol. The third-order valence-corrected chi connectivity index (χ3v) is 4.42. The second-order valence-electron chi connectivity index (χ2n) is 5.98. The SMILES string of the molecule is Cc1ccc(C2CCN(C)C3(OC(=O)C=CC(=O)O3)C2O)cc1. The number of piperidine rings is 1. The van der Waals surface area contributed by atoms with Crippen LogP contribution in [0.5, 0.6) is 0 Å². The molecule has 2 aliphatic rings. The standard InChI is InChI=1S/C17H19NO5/c1-11-3-5-12(6-4-11)13-9-10-18(2)17(16(13)21)22-14(19)7-8-15(20)23-17/h3-8,13,16,21H,9-10H2,1-2H3. The molecule has 3 rings (SSSR count). The number of hydrogen-bond donors (Lipinski definition) is 1. The van der Waals surface area contributed by atoms with Crippen LogP contribution in [0.15, 0.2) is 36.4 Å². The Hall–Kier alpha value is -2.18. The highest BCUT2D eigenvalue weighted by Crippen LogP contribution is 2.40. The van der Waals surface area contributed by atoms with E-state index in [0.29, 0.717) is 13.0 Å². The van der Waals surface area contributed by atoms with Gasteiger partial charge in [-0.15, -0.1) is 0 Å². The molecule has 0 aliphatic carbocycles. The monoisotopic (exact) mass is 317 g/mol. The van der Waals surface area contributed by atoms with Crippen LogP contribution in [-0.4, -0.2) is 47.6 Å². The van der Waals surface area contributed by atoms with E-state index in [1.807, 2.05) is 31.2 Å². The fourth-order valence-corrected chi connectivity index (χ4v) is 3.08. The lowest BCUT2D eigenvalue weighted by Gasteiger charge is -2.47. The first-order chi connectivity index (χ1) is 10.9. The van der Waals surface area contributed by atoms with Crippen LogP contribution in [0.1, 0.15) is 23.5 Å². The number of rotatable bonds is 1. The largest absolute Gasteiger partial charge is 0.403 e. The summed E-state index contributed by atoms with van der Waals surface area (Å²) < 4.78 is 10.6. The summed E-state index contributed by atoms with van der Waals surface area (Å²) in [6.45, 7) is 2.49. The molecule has 6 nitrogen and oxygen atoms in total. The first-order valence-electron chi connectivity index (χ1n) is 7.52. The van der Waals surface area contributed by atoms with E-state index in [4.69, 9.17) is 9.47 Å². The molecule has 0 radical (unpaired) electrons. The Morgan fingerprint density at radius 3 is 2.26 bits per heavy atom. The molecule has 23 heavy (non-hydrogen) atoms. The van der Waals surface area contributed by atoms with Gasteiger partial charge in [0.1, 0.15) is 0 Å². The van der Waals surface area contributed by atoms with Crippen molar-refractivity contribution >= 4 is 11.9 Å². The van der Waals surface area contributed by atoms with Gasteiger partial charge in [0.2, 0.25) is 0 Å². The first kappa shape index (κ1) is 15.7. The number of aliphatic hydroxyl groups excluding tert-OH is 1. The van der Waals surface area contributed by atoms with Crippen LogP contribution in [0.4, 0.5) is 0 Å². The molecular formula is C17H19NO5. The van der Waals surface area contributed by atoms with E-state index in [1.165, 1.54) is 0 Å². The minimum absolute atomic E-state index is 0.300. The molecule has 0 aromatic heterocycles. The van der Waals surface area contributed by atoms with Crippen molar-refractivity contribution < 1.29 is 24.2 Å². The lowest BCUT2D eigenvalue weighted by molar-refractivity contribution is -0.328. The number of carbonyl (C=O) groups excluding carboxylic acids is 2. The van der Waals surface area contributed by atoms with Crippen LogP contribution < -0.4 is 0 Å². The number of esters is 2. The van der Waals surface area contributed by atoms with Gasteiger partial charge < -0.3 is 14.6 Å². The number of ether oxygens (including phenoxy) is 2. The van der Waals surface area contributed by atoms with Gasteiger partial charge in [0.15, 0.2) is 6.10 Å². The molecule has 1 aromatic carbocycles. The van der Waals surface area contributed by atoms with Gasteiger partial charge >= 0.3 is 17.8 Å². The van der Waals surface area contributed by atoms with Crippen LogP contribution in [0.25, 0.3) is 0 Å². The molecule has 0 saturated carbocycles. The Morgan fingerprint density at radius 2 is 1.70 bits per heavy atom. The first-order valence-corrected chi connectivity index (χ1v) is 7.52. The molecule has 6 heteroatoms. The number of nitrogens with zero attached hydrogens (tertiary/aromatic N) is 1. The van der Waals surface area contributed by atoms with Gasteiger partial charge in [-0.3, -0.25) is 0 Å². The lowest BCUT2D eigenvalue weighted by atomic mass is 9.84. The van der Waals surface area contributed by atoms with Crippen LogP contribution in [0.2, 0.25) is 0 Å². The molecule has 2 heterocycles. The number of hydrogen-bond acceptors (Lipinski definition) is 6. The van der Waals surface area contributed by atoms with Crippen LogP contribution in [-0.2, 0) is 19.1 Å². The van der Waals surface area contributed by atoms with Crippen LogP contribution in [0, 0.1) is 6.92 Å². The van der Waals surface area contributed by atoms with Crippen molar-refractivity contribution in [3.8, 4) is 0 Å². The predicted molar refractivity (Wildman–Crippen MR) is 81.2 cm³/mol. The average Bonchev–Trinajstić information content (AvgIpc) is 2.67. The molecule has 2 atom stereocenters. The summed E-state index contributed by atoms with van der Waals surface area (Å²) in [6, 6.07) is 7.78. The second kappa shape index (κ2) is 5.79. The minimum Gasteiger partial charge on any atom is -0.403 e. The average molecular weight is 317 g/mol. The van der Waals surface area contributed by atoms with Gasteiger partial charge in [0, 0.05) is 24.6 Å². The Kier molecular flexibility index (Phi) is 3.95. The normalized spacial score (nSPS) is 27.4. The van der Waals surface area contributed by atoms with E-state index in [0.717, 1.165) is 23.3 Å². The van der Waals surface area contributed by atoms with E-state index in [9.17, 15) is 14.7 Å². The van der Waals surface area contributed by atoms with E-state index in [1.54, 1.807) is 11.9 Å². The van der Waals surface area contributed by atoms with Gasteiger partial charge in [0.25, 0.3) is 0 Å². The minimum atomic E-state index is -1.80. The van der Waals surface area contributed by atoms with E-state index in [2.05, 4.69) is 0 Å². The summed E-state index contributed by atoms with van der Waals surface area (Å²) in [4.78, 5) is 25.2. The number of aryl methyl sites for hydroxylation is 1. The summed E-state index contributed by atoms with van der Waals surface area (Å²) in [5, 5.41) is 10.9. The van der Waals surface area contributed by atoms with Crippen molar-refractivity contribution in [2.75, 3.05) is 13.6 Å². The van der Waals surface area contributed by atoms with Crippen LogP contribution in [0.3, 0.4) is 0 Å². The Labute approximate surface area is 134 Å². The summed E-state index contributed by atoms with van der Waals surface area (Å²) in [5.74, 6) is -3.53. The highest BCUT2D eigenvalue weighted by Gasteiger charge is 2.56. The molecule has 2 unspecified atom stereocenters. The van der Waals surface area contributed by atoms with E-state index >= 15 is 0 Å². The highest BCUT2D eigenvalue weighted by molar-refractivity contribution is 5.93. The van der Waals surface area contributed by atoms with Crippen molar-refractivity contribution in [2.45, 2.75) is 31.3 Å². The van der Waals surface area contributed by atoms with Crippen molar-refractivity contribution in [1.82, 2.24) is 4.90 Å². The fraction of sp³-hybridized carbons (Fsp3) is 0.412. The zero-order valence-electron chi connectivity index (χ0n) is 13.1. The number of likely N-dealkylation sites (N-methyl/N-ethyl adjacent to an activating group) is 1. The quantitative estimate of drug-likeness (QED) is 0.781. The summed E-state index contributed by atoms with van der Waals surface area (Å²) in [7, 11) is 1.65. The maximum Gasteiger partial charge on any atom is 0.348 e.